The molecule has 0 spiro atoms. The average Bonchev–Trinajstić information content (AvgIpc) is 3.36. The van der Waals surface area contributed by atoms with Crippen molar-refractivity contribution < 1.29 is 28.9 Å². The lowest BCUT2D eigenvalue weighted by Crippen LogP contribution is -2.67. The summed E-state index contributed by atoms with van der Waals surface area (Å²) in [5.74, 6) is -1.15. The molecule has 7 heteroatoms. The Balaban J connectivity index is 2.03. The summed E-state index contributed by atoms with van der Waals surface area (Å²) in [6.45, 7) is 17.0. The maximum absolute atomic E-state index is 13.9. The molecule has 2 aliphatic carbocycles. The van der Waals surface area contributed by atoms with E-state index in [9.17, 15) is 14.7 Å². The Morgan fingerprint density at radius 2 is 1.50 bits per heavy atom. The van der Waals surface area contributed by atoms with Gasteiger partial charge in [0, 0.05) is 5.92 Å². The van der Waals surface area contributed by atoms with Crippen LogP contribution in [0.15, 0.2) is 30.3 Å². The first-order valence-corrected chi connectivity index (χ1v) is 12.1. The minimum atomic E-state index is -1.58. The number of hydrogen-bond donors (Lipinski definition) is 2. The van der Waals surface area contributed by atoms with Crippen molar-refractivity contribution in [3.05, 3.63) is 35.9 Å². The third kappa shape index (κ3) is 5.41. The van der Waals surface area contributed by atoms with E-state index in [1.165, 1.54) is 0 Å². The zero-order valence-corrected chi connectivity index (χ0v) is 22.0. The van der Waals surface area contributed by atoms with Gasteiger partial charge in [0.15, 0.2) is 5.54 Å². The minimum absolute atomic E-state index is 0.00142. The van der Waals surface area contributed by atoms with Crippen LogP contribution in [0.25, 0.3) is 0 Å². The molecule has 0 radical (unpaired) electrons. The Kier molecular flexibility index (Phi) is 6.88. The number of aliphatic hydroxyl groups is 1. The van der Waals surface area contributed by atoms with Crippen LogP contribution in [0.4, 0.5) is 4.79 Å². The molecule has 2 N–H and O–H groups in total. The lowest BCUT2D eigenvalue weighted by molar-refractivity contribution is -0.177. The second kappa shape index (κ2) is 8.83. The molecule has 7 nitrogen and oxygen atoms in total. The van der Waals surface area contributed by atoms with Crippen LogP contribution in [0.3, 0.4) is 0 Å². The number of aliphatic hydroxyl groups excluding tert-OH is 1. The van der Waals surface area contributed by atoms with Crippen LogP contribution in [0.2, 0.25) is 0 Å². The summed E-state index contributed by atoms with van der Waals surface area (Å²) in [5, 5.41) is 14.3. The van der Waals surface area contributed by atoms with E-state index in [0.717, 1.165) is 5.56 Å². The number of benzene rings is 1. The molecular formula is C27H41NO6. The van der Waals surface area contributed by atoms with Crippen LogP contribution in [0, 0.1) is 23.2 Å². The Hall–Kier alpha value is -2.12. The van der Waals surface area contributed by atoms with Gasteiger partial charge >= 0.3 is 12.1 Å². The van der Waals surface area contributed by atoms with E-state index < -0.39 is 41.0 Å². The van der Waals surface area contributed by atoms with Gasteiger partial charge < -0.3 is 24.6 Å². The average molecular weight is 476 g/mol. The number of hydrogen-bond acceptors (Lipinski definition) is 6. The van der Waals surface area contributed by atoms with Crippen molar-refractivity contribution in [2.75, 3.05) is 0 Å². The first kappa shape index (κ1) is 26.5. The largest absolute Gasteiger partial charge is 0.458 e. The minimum Gasteiger partial charge on any atom is -0.458 e. The molecule has 0 aromatic heterocycles. The molecule has 2 fully saturated rings. The SMILES string of the molecule is CC(C)(C)OC(=O)N[C@]1(C(=O)OC(C)(C)C)[C@H]2[C@@H]([C@H](O)[C@H]1OCc1ccccc1)[C@@H]2C(C)(C)C. The molecule has 3 rings (SSSR count). The second-order valence-corrected chi connectivity index (χ2v) is 12.7. The zero-order valence-electron chi connectivity index (χ0n) is 22.0. The highest BCUT2D eigenvalue weighted by atomic mass is 16.6. The lowest BCUT2D eigenvalue weighted by atomic mass is 9.78. The summed E-state index contributed by atoms with van der Waals surface area (Å²) in [7, 11) is 0. The molecule has 2 aliphatic rings. The lowest BCUT2D eigenvalue weighted by Gasteiger charge is -2.41. The van der Waals surface area contributed by atoms with Gasteiger partial charge in [-0.05, 0) is 64.4 Å². The first-order valence-electron chi connectivity index (χ1n) is 12.1. The van der Waals surface area contributed by atoms with Crippen LogP contribution in [-0.4, -0.2) is 46.1 Å². The molecule has 0 unspecified atom stereocenters. The molecule has 190 valence electrons. The van der Waals surface area contributed by atoms with Gasteiger partial charge in [0.25, 0.3) is 0 Å². The number of rotatable bonds is 5. The Labute approximate surface area is 203 Å². The number of fused-ring (bicyclic) bond motifs is 1. The fourth-order valence-corrected chi connectivity index (χ4v) is 5.41. The van der Waals surface area contributed by atoms with Gasteiger partial charge in [-0.3, -0.25) is 0 Å². The number of nitrogens with one attached hydrogen (secondary N) is 1. The second-order valence-electron chi connectivity index (χ2n) is 12.7. The van der Waals surface area contributed by atoms with Gasteiger partial charge in [-0.15, -0.1) is 0 Å². The molecule has 34 heavy (non-hydrogen) atoms. The third-order valence-electron chi connectivity index (χ3n) is 6.47. The predicted octanol–water partition coefficient (Wildman–Crippen LogP) is 4.46. The van der Waals surface area contributed by atoms with Gasteiger partial charge in [0.05, 0.1) is 12.7 Å². The summed E-state index contributed by atoms with van der Waals surface area (Å²) < 4.78 is 17.6. The summed E-state index contributed by atoms with van der Waals surface area (Å²) >= 11 is 0. The van der Waals surface area contributed by atoms with Crippen molar-refractivity contribution in [3.8, 4) is 0 Å². The first-order chi connectivity index (χ1) is 15.5. The molecule has 0 aliphatic heterocycles. The normalized spacial score (nSPS) is 30.9. The van der Waals surface area contributed by atoms with Crippen LogP contribution in [0.5, 0.6) is 0 Å². The highest BCUT2D eigenvalue weighted by Crippen LogP contribution is 2.68. The topological polar surface area (TPSA) is 94.1 Å². The van der Waals surface area contributed by atoms with Gasteiger partial charge in [0.1, 0.15) is 17.3 Å². The van der Waals surface area contributed by atoms with Crippen LogP contribution >= 0.6 is 0 Å². The van der Waals surface area contributed by atoms with Crippen molar-refractivity contribution in [1.82, 2.24) is 5.32 Å². The molecule has 0 bridgehead atoms. The third-order valence-corrected chi connectivity index (χ3v) is 6.47. The Morgan fingerprint density at radius 3 is 2.00 bits per heavy atom. The van der Waals surface area contributed by atoms with E-state index in [-0.39, 0.29) is 29.8 Å². The summed E-state index contributed by atoms with van der Waals surface area (Å²) in [6, 6.07) is 9.53. The number of alkyl carbamates (subject to hydrolysis) is 1. The summed E-state index contributed by atoms with van der Waals surface area (Å²) in [4.78, 5) is 26.9. The highest BCUT2D eigenvalue weighted by Gasteiger charge is 2.80. The van der Waals surface area contributed by atoms with Crippen molar-refractivity contribution >= 4 is 12.1 Å². The fraction of sp³-hybridized carbons (Fsp3) is 0.704. The van der Waals surface area contributed by atoms with Gasteiger partial charge in [-0.25, -0.2) is 9.59 Å². The van der Waals surface area contributed by atoms with E-state index in [2.05, 4.69) is 26.1 Å². The molecule has 1 amide bonds. The van der Waals surface area contributed by atoms with Gasteiger partial charge in [0.2, 0.25) is 0 Å². The molecule has 2 saturated carbocycles. The van der Waals surface area contributed by atoms with Gasteiger partial charge in [-0.1, -0.05) is 51.1 Å². The molecule has 1 aromatic rings. The number of carbonyl (C=O) groups excluding carboxylic acids is 2. The van der Waals surface area contributed by atoms with Crippen LogP contribution < -0.4 is 5.32 Å². The van der Waals surface area contributed by atoms with E-state index in [0.29, 0.717) is 0 Å². The van der Waals surface area contributed by atoms with E-state index in [1.54, 1.807) is 41.5 Å². The maximum Gasteiger partial charge on any atom is 0.408 e. The van der Waals surface area contributed by atoms with Crippen LogP contribution in [0.1, 0.15) is 67.9 Å². The Bertz CT molecular complexity index is 894. The van der Waals surface area contributed by atoms with Gasteiger partial charge in [-0.2, -0.15) is 0 Å². The van der Waals surface area contributed by atoms with Crippen molar-refractivity contribution in [2.24, 2.45) is 23.2 Å². The quantitative estimate of drug-likeness (QED) is 0.611. The van der Waals surface area contributed by atoms with Crippen molar-refractivity contribution in [3.63, 3.8) is 0 Å². The zero-order chi connectivity index (χ0) is 25.7. The number of esters is 1. The molecule has 6 atom stereocenters. The van der Waals surface area contributed by atoms with Crippen molar-refractivity contribution in [1.29, 1.82) is 0 Å². The van der Waals surface area contributed by atoms with E-state index >= 15 is 0 Å². The predicted molar refractivity (Wildman–Crippen MR) is 129 cm³/mol. The highest BCUT2D eigenvalue weighted by molar-refractivity contribution is 5.89. The maximum atomic E-state index is 13.9. The van der Waals surface area contributed by atoms with Crippen molar-refractivity contribution in [2.45, 2.75) is 97.9 Å². The van der Waals surface area contributed by atoms with E-state index in [1.807, 2.05) is 30.3 Å². The van der Waals surface area contributed by atoms with E-state index in [4.69, 9.17) is 14.2 Å². The Morgan fingerprint density at radius 1 is 0.941 bits per heavy atom. The number of ether oxygens (including phenoxy) is 3. The fourth-order valence-electron chi connectivity index (χ4n) is 5.41. The summed E-state index contributed by atoms with van der Waals surface area (Å²) in [6.07, 6.45) is -2.66. The summed E-state index contributed by atoms with van der Waals surface area (Å²) in [5.41, 5.74) is -2.42. The monoisotopic (exact) mass is 475 g/mol. The molecule has 0 saturated heterocycles. The number of carbonyl (C=O) groups is 2. The molecule has 0 heterocycles. The molecule has 1 aromatic carbocycles. The standard InChI is InChI=1S/C27H41NO6/c1-24(2,3)18-17-19(18)27(22(30)33-25(4,5)6,28-23(31)34-26(7,8)9)21(20(17)29)32-15-16-13-11-10-12-14-16/h10-14,17-21,29H,15H2,1-9H3,(H,28,31)/t17-,18-,19-,20-,21+,27+/m0/s1. The number of amides is 1. The van der Waals surface area contributed by atoms with Crippen LogP contribution in [-0.2, 0) is 25.6 Å². The smallest absolute Gasteiger partial charge is 0.408 e. The molecular weight excluding hydrogens is 434 g/mol.